The highest BCUT2D eigenvalue weighted by atomic mass is 35.5. The van der Waals surface area contributed by atoms with Crippen LogP contribution >= 0.6 is 23.8 Å². The number of benzene rings is 2. The summed E-state index contributed by atoms with van der Waals surface area (Å²) in [6.07, 6.45) is 0. The van der Waals surface area contributed by atoms with Crippen LogP contribution < -0.4 is 15.5 Å². The summed E-state index contributed by atoms with van der Waals surface area (Å²) in [5.74, 6) is -0.351. The zero-order valence-corrected chi connectivity index (χ0v) is 13.9. The van der Waals surface area contributed by atoms with Crippen LogP contribution in [0.4, 0.5) is 15.8 Å². The molecule has 0 radical (unpaired) electrons. The standard InChI is InChI=1S/C16H17ClFN3S/c1-21(2)14-7-5-13(6-8-14)20-16(22)19-10-11-3-4-12(18)9-15(11)17/h3-9H,10H2,1-2H3,(H2,19,20,22). The van der Waals surface area contributed by atoms with Gasteiger partial charge in [-0.25, -0.2) is 4.39 Å². The first-order valence-electron chi connectivity index (χ1n) is 6.72. The van der Waals surface area contributed by atoms with Crippen LogP contribution in [-0.4, -0.2) is 19.2 Å². The van der Waals surface area contributed by atoms with Crippen molar-refractivity contribution in [2.75, 3.05) is 24.3 Å². The van der Waals surface area contributed by atoms with E-state index in [-0.39, 0.29) is 5.82 Å². The molecule has 2 aromatic carbocycles. The highest BCUT2D eigenvalue weighted by Gasteiger charge is 2.04. The first kappa shape index (κ1) is 16.5. The number of halogens is 2. The topological polar surface area (TPSA) is 27.3 Å². The number of thiocarbonyl (C=S) groups is 1. The maximum Gasteiger partial charge on any atom is 0.171 e. The summed E-state index contributed by atoms with van der Waals surface area (Å²) in [5.41, 5.74) is 2.80. The maximum atomic E-state index is 13.0. The van der Waals surface area contributed by atoms with Crippen LogP contribution in [-0.2, 0) is 6.54 Å². The average Bonchev–Trinajstić information content (AvgIpc) is 2.47. The van der Waals surface area contributed by atoms with Crippen molar-refractivity contribution in [2.24, 2.45) is 0 Å². The summed E-state index contributed by atoms with van der Waals surface area (Å²) in [7, 11) is 3.97. The Morgan fingerprint density at radius 1 is 1.18 bits per heavy atom. The largest absolute Gasteiger partial charge is 0.378 e. The monoisotopic (exact) mass is 337 g/mol. The van der Waals surface area contributed by atoms with E-state index in [9.17, 15) is 4.39 Å². The predicted octanol–water partition coefficient (Wildman–Crippen LogP) is 4.03. The van der Waals surface area contributed by atoms with Crippen LogP contribution in [0, 0.1) is 5.82 Å². The van der Waals surface area contributed by atoms with E-state index in [1.54, 1.807) is 6.07 Å². The van der Waals surface area contributed by atoms with Crippen LogP contribution in [0.2, 0.25) is 5.02 Å². The van der Waals surface area contributed by atoms with Gasteiger partial charge in [0.1, 0.15) is 5.82 Å². The van der Waals surface area contributed by atoms with E-state index in [2.05, 4.69) is 10.6 Å². The van der Waals surface area contributed by atoms with Gasteiger partial charge in [-0.15, -0.1) is 0 Å². The van der Waals surface area contributed by atoms with Crippen molar-refractivity contribution in [2.45, 2.75) is 6.54 Å². The fourth-order valence-electron chi connectivity index (χ4n) is 1.86. The zero-order chi connectivity index (χ0) is 16.1. The predicted molar refractivity (Wildman–Crippen MR) is 95.2 cm³/mol. The lowest BCUT2D eigenvalue weighted by Crippen LogP contribution is -2.28. The van der Waals surface area contributed by atoms with Crippen LogP contribution in [0.15, 0.2) is 42.5 Å². The number of nitrogens with zero attached hydrogens (tertiary/aromatic N) is 1. The highest BCUT2D eigenvalue weighted by molar-refractivity contribution is 7.80. The molecule has 3 nitrogen and oxygen atoms in total. The number of rotatable bonds is 4. The van der Waals surface area contributed by atoms with Crippen molar-refractivity contribution in [3.8, 4) is 0 Å². The number of anilines is 2. The zero-order valence-electron chi connectivity index (χ0n) is 12.4. The van der Waals surface area contributed by atoms with Gasteiger partial charge in [0.15, 0.2) is 5.11 Å². The number of hydrogen-bond donors (Lipinski definition) is 2. The Labute approximate surface area is 140 Å². The van der Waals surface area contributed by atoms with Crippen molar-refractivity contribution in [1.82, 2.24) is 5.32 Å². The Morgan fingerprint density at radius 3 is 2.45 bits per heavy atom. The molecule has 0 amide bonds. The molecule has 0 fully saturated rings. The van der Waals surface area contributed by atoms with E-state index in [0.717, 1.165) is 16.9 Å². The SMILES string of the molecule is CN(C)c1ccc(NC(=S)NCc2ccc(F)cc2Cl)cc1. The molecule has 0 spiro atoms. The minimum Gasteiger partial charge on any atom is -0.378 e. The third kappa shape index (κ3) is 4.58. The first-order valence-corrected chi connectivity index (χ1v) is 7.50. The summed E-state index contributed by atoms with van der Waals surface area (Å²) in [6, 6.07) is 12.2. The van der Waals surface area contributed by atoms with Crippen LogP contribution in [0.1, 0.15) is 5.56 Å². The van der Waals surface area contributed by atoms with Crippen molar-refractivity contribution in [1.29, 1.82) is 0 Å². The molecular formula is C16H17ClFN3S. The summed E-state index contributed by atoms with van der Waals surface area (Å²) in [6.45, 7) is 0.431. The van der Waals surface area contributed by atoms with Gasteiger partial charge in [-0.05, 0) is 54.2 Å². The van der Waals surface area contributed by atoms with Gasteiger partial charge in [-0.2, -0.15) is 0 Å². The first-order chi connectivity index (χ1) is 10.5. The third-order valence-corrected chi connectivity index (χ3v) is 3.69. The lowest BCUT2D eigenvalue weighted by Gasteiger charge is -2.14. The van der Waals surface area contributed by atoms with Crippen molar-refractivity contribution in [3.05, 3.63) is 58.9 Å². The third-order valence-electron chi connectivity index (χ3n) is 3.10. The summed E-state index contributed by atoms with van der Waals surface area (Å²) >= 11 is 11.2. The number of hydrogen-bond acceptors (Lipinski definition) is 2. The van der Waals surface area contributed by atoms with Crippen LogP contribution in [0.3, 0.4) is 0 Å². The van der Waals surface area contributed by atoms with Crippen LogP contribution in [0.25, 0.3) is 0 Å². The van der Waals surface area contributed by atoms with Gasteiger partial charge in [0.25, 0.3) is 0 Å². The molecule has 0 aliphatic heterocycles. The molecule has 2 rings (SSSR count). The smallest absolute Gasteiger partial charge is 0.171 e. The minimum absolute atomic E-state index is 0.351. The molecule has 0 unspecified atom stereocenters. The lowest BCUT2D eigenvalue weighted by atomic mass is 10.2. The molecule has 2 N–H and O–H groups in total. The summed E-state index contributed by atoms with van der Waals surface area (Å²) in [4.78, 5) is 2.02. The quantitative estimate of drug-likeness (QED) is 0.824. The molecule has 0 saturated carbocycles. The van der Waals surface area contributed by atoms with Gasteiger partial charge in [0, 0.05) is 37.0 Å². The molecule has 0 aliphatic rings. The fraction of sp³-hybridized carbons (Fsp3) is 0.188. The Hall–Kier alpha value is -1.85. The van der Waals surface area contributed by atoms with E-state index >= 15 is 0 Å². The minimum atomic E-state index is -0.351. The lowest BCUT2D eigenvalue weighted by molar-refractivity contribution is 0.627. The van der Waals surface area contributed by atoms with E-state index < -0.39 is 0 Å². The molecule has 0 aromatic heterocycles. The molecule has 6 heteroatoms. The van der Waals surface area contributed by atoms with Crippen LogP contribution in [0.5, 0.6) is 0 Å². The van der Waals surface area contributed by atoms with E-state index in [4.69, 9.17) is 23.8 Å². The molecule has 2 aromatic rings. The van der Waals surface area contributed by atoms with Gasteiger partial charge in [0.2, 0.25) is 0 Å². The Kier molecular flexibility index (Phi) is 5.57. The van der Waals surface area contributed by atoms with Gasteiger partial charge >= 0.3 is 0 Å². The summed E-state index contributed by atoms with van der Waals surface area (Å²) < 4.78 is 13.0. The van der Waals surface area contributed by atoms with E-state index in [1.165, 1.54) is 12.1 Å². The summed E-state index contributed by atoms with van der Waals surface area (Å²) in [5, 5.41) is 7.01. The molecule has 116 valence electrons. The molecule has 0 atom stereocenters. The second kappa shape index (κ2) is 7.42. The van der Waals surface area contributed by atoms with E-state index in [0.29, 0.717) is 16.7 Å². The van der Waals surface area contributed by atoms with E-state index in [1.807, 2.05) is 43.3 Å². The fourth-order valence-corrected chi connectivity index (χ4v) is 2.28. The maximum absolute atomic E-state index is 13.0. The number of nitrogens with one attached hydrogen (secondary N) is 2. The van der Waals surface area contributed by atoms with Crippen molar-refractivity contribution >= 4 is 40.3 Å². The molecule has 0 saturated heterocycles. The molecule has 0 bridgehead atoms. The van der Waals surface area contributed by atoms with Gasteiger partial charge < -0.3 is 15.5 Å². The average molecular weight is 338 g/mol. The van der Waals surface area contributed by atoms with Crippen molar-refractivity contribution < 1.29 is 4.39 Å². The molecule has 22 heavy (non-hydrogen) atoms. The normalized spacial score (nSPS) is 10.2. The second-order valence-electron chi connectivity index (χ2n) is 4.98. The Bertz CT molecular complexity index is 659. The van der Waals surface area contributed by atoms with Gasteiger partial charge in [-0.1, -0.05) is 17.7 Å². The molecular weight excluding hydrogens is 321 g/mol. The molecule has 0 aliphatic carbocycles. The highest BCUT2D eigenvalue weighted by Crippen LogP contribution is 2.17. The van der Waals surface area contributed by atoms with Gasteiger partial charge in [0.05, 0.1) is 0 Å². The van der Waals surface area contributed by atoms with Crippen molar-refractivity contribution in [3.63, 3.8) is 0 Å². The van der Waals surface area contributed by atoms with Gasteiger partial charge in [-0.3, -0.25) is 0 Å². The Balaban J connectivity index is 1.90. The second-order valence-corrected chi connectivity index (χ2v) is 5.80. The Morgan fingerprint density at radius 2 is 1.86 bits per heavy atom. The molecule has 0 heterocycles.